The molecular formula is C10H16O3. The molecule has 0 saturated carbocycles. The van der Waals surface area contributed by atoms with E-state index in [1.54, 1.807) is 6.92 Å². The lowest BCUT2D eigenvalue weighted by molar-refractivity contribution is -0.144. The lowest BCUT2D eigenvalue weighted by Gasteiger charge is -2.02. The van der Waals surface area contributed by atoms with Gasteiger partial charge in [-0.15, -0.1) is 0 Å². The zero-order valence-corrected chi connectivity index (χ0v) is 8.37. The van der Waals surface area contributed by atoms with Crippen LogP contribution in [-0.4, -0.2) is 24.3 Å². The molecule has 0 aromatic carbocycles. The van der Waals surface area contributed by atoms with Gasteiger partial charge in [0, 0.05) is 0 Å². The molecule has 3 heteroatoms. The van der Waals surface area contributed by atoms with Gasteiger partial charge in [0.15, 0.2) is 6.10 Å². The van der Waals surface area contributed by atoms with Gasteiger partial charge in [-0.3, -0.25) is 0 Å². The Bertz CT molecular complexity index is 222. The number of esters is 1. The van der Waals surface area contributed by atoms with E-state index in [1.807, 2.05) is 26.0 Å². The molecule has 0 aliphatic carbocycles. The molecule has 0 bridgehead atoms. The summed E-state index contributed by atoms with van der Waals surface area (Å²) in [6.45, 7) is 6.12. The minimum absolute atomic E-state index is 0.248. The molecule has 2 atom stereocenters. The van der Waals surface area contributed by atoms with Crippen molar-refractivity contribution in [2.24, 2.45) is 0 Å². The lowest BCUT2D eigenvalue weighted by Crippen LogP contribution is -2.20. The largest absolute Gasteiger partial charge is 0.464 e. The maximum Gasteiger partial charge on any atom is 0.338 e. The summed E-state index contributed by atoms with van der Waals surface area (Å²) in [5.74, 6) is -0.248. The number of epoxide rings is 1. The summed E-state index contributed by atoms with van der Waals surface area (Å²) in [5, 5.41) is 0. The van der Waals surface area contributed by atoms with Crippen LogP contribution in [0.25, 0.3) is 0 Å². The van der Waals surface area contributed by atoms with Crippen LogP contribution >= 0.6 is 0 Å². The third-order valence-electron chi connectivity index (χ3n) is 2.23. The Labute approximate surface area is 78.7 Å². The predicted molar refractivity (Wildman–Crippen MR) is 49.3 cm³/mol. The summed E-state index contributed by atoms with van der Waals surface area (Å²) in [5.41, 5.74) is -0.374. The van der Waals surface area contributed by atoms with Gasteiger partial charge < -0.3 is 9.47 Å². The average molecular weight is 184 g/mol. The summed E-state index contributed by atoms with van der Waals surface area (Å²) in [6.07, 6.45) is 4.26. The molecule has 0 radical (unpaired) electrons. The van der Waals surface area contributed by atoms with E-state index in [0.717, 1.165) is 6.42 Å². The van der Waals surface area contributed by atoms with Crippen molar-refractivity contribution >= 4 is 5.97 Å². The van der Waals surface area contributed by atoms with Gasteiger partial charge in [0.05, 0.1) is 6.61 Å². The third kappa shape index (κ3) is 1.91. The number of carbonyl (C=O) groups excluding carboxylic acids is 1. The molecule has 0 aromatic heterocycles. The Kier molecular flexibility index (Phi) is 3.09. The van der Waals surface area contributed by atoms with Gasteiger partial charge in [-0.2, -0.15) is 0 Å². The molecule has 74 valence electrons. The van der Waals surface area contributed by atoms with Gasteiger partial charge >= 0.3 is 5.97 Å². The van der Waals surface area contributed by atoms with E-state index in [2.05, 4.69) is 0 Å². The van der Waals surface area contributed by atoms with Gasteiger partial charge in [-0.05, 0) is 20.3 Å². The van der Waals surface area contributed by atoms with E-state index in [1.165, 1.54) is 0 Å². The molecule has 3 nitrogen and oxygen atoms in total. The van der Waals surface area contributed by atoms with Crippen LogP contribution in [0.5, 0.6) is 0 Å². The van der Waals surface area contributed by atoms with Crippen LogP contribution < -0.4 is 0 Å². The molecule has 0 N–H and O–H groups in total. The summed E-state index contributed by atoms with van der Waals surface area (Å²) < 4.78 is 10.2. The highest BCUT2D eigenvalue weighted by atomic mass is 16.7. The van der Waals surface area contributed by atoms with E-state index in [0.29, 0.717) is 6.61 Å². The van der Waals surface area contributed by atoms with E-state index in [4.69, 9.17) is 9.47 Å². The monoisotopic (exact) mass is 184 g/mol. The van der Waals surface area contributed by atoms with Crippen molar-refractivity contribution in [3.63, 3.8) is 0 Å². The highest BCUT2D eigenvalue weighted by Gasteiger charge is 2.58. The number of allylic oxidation sites excluding steroid dienone is 1. The van der Waals surface area contributed by atoms with Gasteiger partial charge in [0.25, 0.3) is 0 Å². The number of hydrogen-bond donors (Lipinski definition) is 0. The van der Waals surface area contributed by atoms with Crippen molar-refractivity contribution < 1.29 is 14.3 Å². The molecule has 0 aromatic rings. The smallest absolute Gasteiger partial charge is 0.338 e. The Morgan fingerprint density at radius 1 is 1.62 bits per heavy atom. The molecule has 1 saturated heterocycles. The summed E-state index contributed by atoms with van der Waals surface area (Å²) in [6, 6.07) is 0. The van der Waals surface area contributed by atoms with E-state index < -0.39 is 0 Å². The lowest BCUT2D eigenvalue weighted by atomic mass is 10.0. The normalized spacial score (nSPS) is 32.1. The second kappa shape index (κ2) is 3.92. The van der Waals surface area contributed by atoms with Crippen LogP contribution in [0.1, 0.15) is 27.2 Å². The van der Waals surface area contributed by atoms with E-state index in [9.17, 15) is 4.79 Å². The van der Waals surface area contributed by atoms with E-state index in [-0.39, 0.29) is 17.7 Å². The third-order valence-corrected chi connectivity index (χ3v) is 2.23. The topological polar surface area (TPSA) is 38.8 Å². The quantitative estimate of drug-likeness (QED) is 0.379. The zero-order chi connectivity index (χ0) is 9.90. The van der Waals surface area contributed by atoms with Crippen LogP contribution in [-0.2, 0) is 14.3 Å². The van der Waals surface area contributed by atoms with Gasteiger partial charge in [0.1, 0.15) is 5.60 Å². The number of ether oxygens (including phenoxy) is 2. The van der Waals surface area contributed by atoms with E-state index >= 15 is 0 Å². The van der Waals surface area contributed by atoms with Crippen LogP contribution in [0.3, 0.4) is 0 Å². The van der Waals surface area contributed by atoms with Crippen molar-refractivity contribution in [2.45, 2.75) is 38.9 Å². The van der Waals surface area contributed by atoms with Crippen molar-refractivity contribution in [2.75, 3.05) is 6.61 Å². The van der Waals surface area contributed by atoms with Crippen molar-refractivity contribution in [3.05, 3.63) is 12.2 Å². The maximum absolute atomic E-state index is 11.3. The molecule has 2 unspecified atom stereocenters. The van der Waals surface area contributed by atoms with Crippen LogP contribution in [0.2, 0.25) is 0 Å². The summed E-state index contributed by atoms with van der Waals surface area (Å²) >= 11 is 0. The molecule has 0 amide bonds. The van der Waals surface area contributed by atoms with Crippen molar-refractivity contribution in [1.29, 1.82) is 0 Å². The molecule has 1 fully saturated rings. The molecule has 1 aliphatic heterocycles. The van der Waals surface area contributed by atoms with Gasteiger partial charge in [-0.25, -0.2) is 4.79 Å². The predicted octanol–water partition coefficient (Wildman–Crippen LogP) is 1.67. The van der Waals surface area contributed by atoms with Crippen molar-refractivity contribution in [1.82, 2.24) is 0 Å². The Morgan fingerprint density at radius 3 is 2.77 bits per heavy atom. The van der Waals surface area contributed by atoms with Crippen LogP contribution in [0, 0.1) is 0 Å². The first kappa shape index (κ1) is 10.3. The molecule has 1 rings (SSSR count). The first-order valence-electron chi connectivity index (χ1n) is 4.68. The molecule has 13 heavy (non-hydrogen) atoms. The minimum atomic E-state index is -0.381. The average Bonchev–Trinajstić information content (AvgIpc) is 2.82. The number of carbonyl (C=O) groups is 1. The SMILES string of the molecule is C/C=C/C1(CC)OC1C(=O)OCC. The molecule has 0 spiro atoms. The fourth-order valence-corrected chi connectivity index (χ4v) is 1.45. The maximum atomic E-state index is 11.3. The van der Waals surface area contributed by atoms with Crippen LogP contribution in [0.4, 0.5) is 0 Å². The Morgan fingerprint density at radius 2 is 2.31 bits per heavy atom. The first-order valence-corrected chi connectivity index (χ1v) is 4.68. The molecule has 1 heterocycles. The van der Waals surface area contributed by atoms with Gasteiger partial charge in [-0.1, -0.05) is 19.1 Å². The molecule has 1 aliphatic rings. The fourth-order valence-electron chi connectivity index (χ4n) is 1.45. The van der Waals surface area contributed by atoms with Crippen molar-refractivity contribution in [3.8, 4) is 0 Å². The summed E-state index contributed by atoms with van der Waals surface area (Å²) in [7, 11) is 0. The Hall–Kier alpha value is -0.830. The molecular weight excluding hydrogens is 168 g/mol. The standard InChI is InChI=1S/C10H16O3/c1-4-7-10(5-2)8(13-10)9(11)12-6-3/h4,7-8H,5-6H2,1-3H3/b7-4+. The Balaban J connectivity index is 2.54. The second-order valence-electron chi connectivity index (χ2n) is 3.06. The fraction of sp³-hybridized carbons (Fsp3) is 0.700. The summed E-state index contributed by atoms with van der Waals surface area (Å²) in [4.78, 5) is 11.3. The number of hydrogen-bond acceptors (Lipinski definition) is 3. The highest BCUT2D eigenvalue weighted by Crippen LogP contribution is 2.41. The zero-order valence-electron chi connectivity index (χ0n) is 8.37. The van der Waals surface area contributed by atoms with Gasteiger partial charge in [0.2, 0.25) is 0 Å². The second-order valence-corrected chi connectivity index (χ2v) is 3.06. The number of rotatable bonds is 4. The first-order chi connectivity index (χ1) is 6.20. The highest BCUT2D eigenvalue weighted by molar-refractivity contribution is 5.80. The minimum Gasteiger partial charge on any atom is -0.464 e. The van der Waals surface area contributed by atoms with Crippen LogP contribution in [0.15, 0.2) is 12.2 Å².